The molecule has 2 heterocycles. The largest absolute Gasteiger partial charge is 0.311 e. The van der Waals surface area contributed by atoms with Crippen molar-refractivity contribution in [3.05, 3.63) is 16.1 Å². The van der Waals surface area contributed by atoms with Gasteiger partial charge in [0.2, 0.25) is 0 Å². The highest BCUT2D eigenvalue weighted by Crippen LogP contribution is 2.38. The lowest BCUT2D eigenvalue weighted by molar-refractivity contribution is 0.140. The molecular weight excluding hydrogens is 242 g/mol. The molecule has 0 bridgehead atoms. The molecule has 1 aliphatic heterocycles. The molecular formula is C14H23N3S. The normalized spacial score (nSPS) is 30.3. The lowest BCUT2D eigenvalue weighted by Gasteiger charge is -2.37. The molecule has 1 aromatic rings. The van der Waals surface area contributed by atoms with Crippen molar-refractivity contribution in [2.45, 2.75) is 57.7 Å². The minimum atomic E-state index is 0.611. The Hall–Kier alpha value is -0.450. The fraction of sp³-hybridized carbons (Fsp3) is 0.786. The number of piperazine rings is 1. The van der Waals surface area contributed by atoms with Crippen molar-refractivity contribution >= 4 is 11.3 Å². The van der Waals surface area contributed by atoms with Crippen molar-refractivity contribution in [1.82, 2.24) is 15.2 Å². The van der Waals surface area contributed by atoms with Gasteiger partial charge < -0.3 is 5.32 Å². The number of thiazole rings is 1. The maximum atomic E-state index is 4.62. The van der Waals surface area contributed by atoms with Crippen molar-refractivity contribution in [2.24, 2.45) is 0 Å². The quantitative estimate of drug-likeness (QED) is 0.910. The van der Waals surface area contributed by atoms with Crippen molar-refractivity contribution < 1.29 is 0 Å². The Kier molecular flexibility index (Phi) is 3.68. The summed E-state index contributed by atoms with van der Waals surface area (Å²) >= 11 is 1.94. The SMILES string of the molecule is CC1CN(Cc2cnc(C3CCC3)s2)C(C)CN1. The van der Waals surface area contributed by atoms with Crippen LogP contribution in [0.3, 0.4) is 0 Å². The monoisotopic (exact) mass is 265 g/mol. The first-order chi connectivity index (χ1) is 8.72. The molecule has 3 rings (SSSR count). The number of rotatable bonds is 3. The predicted molar refractivity (Wildman–Crippen MR) is 76.0 cm³/mol. The topological polar surface area (TPSA) is 28.2 Å². The fourth-order valence-corrected chi connectivity index (χ4v) is 3.87. The van der Waals surface area contributed by atoms with E-state index in [0.717, 1.165) is 25.6 Å². The Morgan fingerprint density at radius 3 is 3.00 bits per heavy atom. The van der Waals surface area contributed by atoms with Crippen LogP contribution in [0.4, 0.5) is 0 Å². The van der Waals surface area contributed by atoms with Crippen LogP contribution in [0.15, 0.2) is 6.20 Å². The van der Waals surface area contributed by atoms with Crippen molar-refractivity contribution in [3.63, 3.8) is 0 Å². The summed E-state index contributed by atoms with van der Waals surface area (Å²) < 4.78 is 0. The molecule has 2 unspecified atom stereocenters. The first-order valence-electron chi connectivity index (χ1n) is 7.14. The van der Waals surface area contributed by atoms with Crippen LogP contribution in [0, 0.1) is 0 Å². The molecule has 1 aliphatic carbocycles. The van der Waals surface area contributed by atoms with E-state index in [-0.39, 0.29) is 0 Å². The Morgan fingerprint density at radius 1 is 1.44 bits per heavy atom. The molecule has 2 atom stereocenters. The third-order valence-corrected chi connectivity index (χ3v) is 5.42. The van der Waals surface area contributed by atoms with Crippen LogP contribution in [0.25, 0.3) is 0 Å². The molecule has 1 saturated heterocycles. The zero-order valence-corrected chi connectivity index (χ0v) is 12.2. The van der Waals surface area contributed by atoms with E-state index in [9.17, 15) is 0 Å². The Labute approximate surface area is 114 Å². The van der Waals surface area contributed by atoms with Crippen LogP contribution < -0.4 is 5.32 Å². The summed E-state index contributed by atoms with van der Waals surface area (Å²) in [5.41, 5.74) is 0. The number of hydrogen-bond acceptors (Lipinski definition) is 4. The van der Waals surface area contributed by atoms with E-state index in [2.05, 4.69) is 35.2 Å². The van der Waals surface area contributed by atoms with Crippen molar-refractivity contribution in [3.8, 4) is 0 Å². The van der Waals surface area contributed by atoms with Gasteiger partial charge in [0.25, 0.3) is 0 Å². The molecule has 4 heteroatoms. The Balaban J connectivity index is 1.62. The van der Waals surface area contributed by atoms with E-state index in [0.29, 0.717) is 12.1 Å². The summed E-state index contributed by atoms with van der Waals surface area (Å²) in [6.07, 6.45) is 6.21. The highest BCUT2D eigenvalue weighted by Gasteiger charge is 2.25. The van der Waals surface area contributed by atoms with Gasteiger partial charge in [0, 0.05) is 48.7 Å². The van der Waals surface area contributed by atoms with Gasteiger partial charge in [0.15, 0.2) is 0 Å². The number of nitrogens with zero attached hydrogens (tertiary/aromatic N) is 2. The Bertz CT molecular complexity index is 399. The maximum Gasteiger partial charge on any atom is 0.0959 e. The van der Waals surface area contributed by atoms with E-state index in [1.807, 2.05) is 11.3 Å². The first kappa shape index (κ1) is 12.6. The number of aromatic nitrogens is 1. The van der Waals surface area contributed by atoms with Crippen LogP contribution in [-0.4, -0.2) is 35.1 Å². The lowest BCUT2D eigenvalue weighted by Crippen LogP contribution is -2.53. The molecule has 1 N–H and O–H groups in total. The van der Waals surface area contributed by atoms with E-state index < -0.39 is 0 Å². The van der Waals surface area contributed by atoms with Gasteiger partial charge in [-0.15, -0.1) is 11.3 Å². The molecule has 0 amide bonds. The van der Waals surface area contributed by atoms with Gasteiger partial charge in [0.05, 0.1) is 5.01 Å². The third-order valence-electron chi connectivity index (χ3n) is 4.28. The van der Waals surface area contributed by atoms with E-state index in [1.54, 1.807) is 0 Å². The van der Waals surface area contributed by atoms with Gasteiger partial charge in [0.1, 0.15) is 0 Å². The first-order valence-corrected chi connectivity index (χ1v) is 7.96. The zero-order chi connectivity index (χ0) is 12.5. The van der Waals surface area contributed by atoms with Crippen LogP contribution in [-0.2, 0) is 6.54 Å². The van der Waals surface area contributed by atoms with Gasteiger partial charge in [-0.25, -0.2) is 4.98 Å². The van der Waals surface area contributed by atoms with Crippen LogP contribution >= 0.6 is 11.3 Å². The summed E-state index contributed by atoms with van der Waals surface area (Å²) in [6, 6.07) is 1.25. The summed E-state index contributed by atoms with van der Waals surface area (Å²) in [4.78, 5) is 8.65. The molecule has 100 valence electrons. The average molecular weight is 265 g/mol. The highest BCUT2D eigenvalue weighted by atomic mass is 32.1. The predicted octanol–water partition coefficient (Wildman–Crippen LogP) is 2.59. The fourth-order valence-electron chi connectivity index (χ4n) is 2.76. The van der Waals surface area contributed by atoms with Crippen molar-refractivity contribution in [2.75, 3.05) is 13.1 Å². The molecule has 1 saturated carbocycles. The van der Waals surface area contributed by atoms with Crippen LogP contribution in [0.1, 0.15) is 48.9 Å². The highest BCUT2D eigenvalue weighted by molar-refractivity contribution is 7.11. The van der Waals surface area contributed by atoms with Gasteiger partial charge in [-0.1, -0.05) is 6.42 Å². The molecule has 2 fully saturated rings. The van der Waals surface area contributed by atoms with Gasteiger partial charge in [-0.3, -0.25) is 4.90 Å². The smallest absolute Gasteiger partial charge is 0.0959 e. The van der Waals surface area contributed by atoms with Crippen LogP contribution in [0.2, 0.25) is 0 Å². The third kappa shape index (κ3) is 2.60. The molecule has 1 aromatic heterocycles. The summed E-state index contributed by atoms with van der Waals surface area (Å²) in [5, 5.41) is 4.92. The Morgan fingerprint density at radius 2 is 2.28 bits per heavy atom. The lowest BCUT2D eigenvalue weighted by atomic mass is 9.86. The summed E-state index contributed by atoms with van der Waals surface area (Å²) in [6.45, 7) is 7.92. The molecule has 18 heavy (non-hydrogen) atoms. The zero-order valence-electron chi connectivity index (χ0n) is 11.4. The van der Waals surface area contributed by atoms with Crippen LogP contribution in [0.5, 0.6) is 0 Å². The van der Waals surface area contributed by atoms with E-state index in [4.69, 9.17) is 0 Å². The van der Waals surface area contributed by atoms with E-state index in [1.165, 1.54) is 29.1 Å². The summed E-state index contributed by atoms with van der Waals surface area (Å²) in [7, 11) is 0. The number of nitrogens with one attached hydrogen (secondary N) is 1. The molecule has 0 spiro atoms. The second-order valence-corrected chi connectivity index (χ2v) is 7.03. The molecule has 0 radical (unpaired) electrons. The van der Waals surface area contributed by atoms with E-state index >= 15 is 0 Å². The van der Waals surface area contributed by atoms with Gasteiger partial charge in [-0.05, 0) is 26.7 Å². The standard InChI is InChI=1S/C14H23N3S/c1-10-8-17(11(2)6-15-10)9-13-7-16-14(18-13)12-4-3-5-12/h7,10-12,15H,3-6,8-9H2,1-2H3. The summed E-state index contributed by atoms with van der Waals surface area (Å²) in [5.74, 6) is 0.781. The minimum Gasteiger partial charge on any atom is -0.311 e. The molecule has 0 aromatic carbocycles. The average Bonchev–Trinajstić information content (AvgIpc) is 2.69. The van der Waals surface area contributed by atoms with Gasteiger partial charge in [-0.2, -0.15) is 0 Å². The molecule has 2 aliphatic rings. The number of hydrogen-bond donors (Lipinski definition) is 1. The second-order valence-electron chi connectivity index (χ2n) is 5.88. The van der Waals surface area contributed by atoms with Crippen molar-refractivity contribution in [1.29, 1.82) is 0 Å². The molecule has 3 nitrogen and oxygen atoms in total. The maximum absolute atomic E-state index is 4.62. The minimum absolute atomic E-state index is 0.611. The van der Waals surface area contributed by atoms with Gasteiger partial charge >= 0.3 is 0 Å². The second kappa shape index (κ2) is 5.27.